The van der Waals surface area contributed by atoms with Gasteiger partial charge in [0, 0.05) is 15.3 Å². The maximum atomic E-state index is 3.70. The zero-order valence-electron chi connectivity index (χ0n) is 11.0. The Hall–Kier alpha value is -0.250. The second-order valence-corrected chi connectivity index (χ2v) is 7.23. The number of rotatable bonds is 2. The van der Waals surface area contributed by atoms with Crippen molar-refractivity contribution in [2.24, 2.45) is 5.41 Å². The van der Waals surface area contributed by atoms with Gasteiger partial charge in [0.05, 0.1) is 0 Å². The number of aryl methyl sites for hydroxylation is 1. The highest BCUT2D eigenvalue weighted by Crippen LogP contribution is 2.36. The number of benzene rings is 1. The van der Waals surface area contributed by atoms with Crippen molar-refractivity contribution < 1.29 is 0 Å². The fourth-order valence-corrected chi connectivity index (χ4v) is 3.25. The molecule has 2 heteroatoms. The van der Waals surface area contributed by atoms with Crippen molar-refractivity contribution in [3.8, 4) is 0 Å². The number of hydrogen-bond acceptors (Lipinski definition) is 1. The highest BCUT2D eigenvalue weighted by molar-refractivity contribution is 14.1. The van der Waals surface area contributed by atoms with Crippen LogP contribution in [0.25, 0.3) is 0 Å². The summed E-state index contributed by atoms with van der Waals surface area (Å²) in [6.45, 7) is 6.94. The third kappa shape index (κ3) is 3.60. The molecule has 1 aromatic rings. The molecule has 1 nitrogen and oxygen atoms in total. The molecule has 1 saturated carbocycles. The van der Waals surface area contributed by atoms with Gasteiger partial charge < -0.3 is 5.32 Å². The minimum atomic E-state index is 0.508. The van der Waals surface area contributed by atoms with Crippen LogP contribution in [-0.4, -0.2) is 6.04 Å². The number of halogens is 1. The first kappa shape index (κ1) is 13.2. The number of hydrogen-bond donors (Lipinski definition) is 1. The van der Waals surface area contributed by atoms with E-state index in [9.17, 15) is 0 Å². The van der Waals surface area contributed by atoms with E-state index in [4.69, 9.17) is 0 Å². The molecule has 0 radical (unpaired) electrons. The number of anilines is 1. The van der Waals surface area contributed by atoms with Crippen LogP contribution in [0.1, 0.15) is 45.1 Å². The maximum Gasteiger partial charge on any atom is 0.0353 e. The normalized spacial score (nSPS) is 23.4. The van der Waals surface area contributed by atoms with Gasteiger partial charge in [-0.15, -0.1) is 0 Å². The van der Waals surface area contributed by atoms with E-state index in [1.54, 1.807) is 0 Å². The van der Waals surface area contributed by atoms with Gasteiger partial charge in [-0.25, -0.2) is 0 Å². The first-order chi connectivity index (χ1) is 7.96. The van der Waals surface area contributed by atoms with Crippen molar-refractivity contribution in [1.82, 2.24) is 0 Å². The van der Waals surface area contributed by atoms with Crippen LogP contribution in [-0.2, 0) is 0 Å². The van der Waals surface area contributed by atoms with E-state index >= 15 is 0 Å². The van der Waals surface area contributed by atoms with Crippen molar-refractivity contribution in [2.75, 3.05) is 5.32 Å². The molecule has 17 heavy (non-hydrogen) atoms. The molecule has 0 heterocycles. The fourth-order valence-electron chi connectivity index (χ4n) is 2.74. The van der Waals surface area contributed by atoms with Crippen LogP contribution in [0.5, 0.6) is 0 Å². The molecule has 1 aromatic carbocycles. The molecule has 0 amide bonds. The van der Waals surface area contributed by atoms with Crippen molar-refractivity contribution >= 4 is 28.3 Å². The molecule has 1 atom stereocenters. The third-order valence-electron chi connectivity index (χ3n) is 3.75. The van der Waals surface area contributed by atoms with Gasteiger partial charge in [-0.3, -0.25) is 0 Å². The Labute approximate surface area is 119 Å². The molecule has 1 aliphatic carbocycles. The molecule has 0 aliphatic heterocycles. The summed E-state index contributed by atoms with van der Waals surface area (Å²) < 4.78 is 1.35. The SMILES string of the molecule is Cc1ccc(NC2CCCC(C)(C)C2)cc1I. The molecular formula is C15H22IN. The Morgan fingerprint density at radius 1 is 1.35 bits per heavy atom. The molecule has 0 spiro atoms. The molecule has 2 rings (SSSR count). The van der Waals surface area contributed by atoms with Crippen LogP contribution in [0.3, 0.4) is 0 Å². The van der Waals surface area contributed by atoms with E-state index in [1.165, 1.54) is 40.5 Å². The van der Waals surface area contributed by atoms with E-state index in [1.807, 2.05) is 0 Å². The summed E-state index contributed by atoms with van der Waals surface area (Å²) in [5.41, 5.74) is 3.15. The van der Waals surface area contributed by atoms with Gasteiger partial charge in [-0.05, 0) is 71.9 Å². The van der Waals surface area contributed by atoms with Gasteiger partial charge in [-0.2, -0.15) is 0 Å². The van der Waals surface area contributed by atoms with Gasteiger partial charge in [-0.1, -0.05) is 26.3 Å². The minimum absolute atomic E-state index is 0.508. The topological polar surface area (TPSA) is 12.0 Å². The van der Waals surface area contributed by atoms with Crippen molar-refractivity contribution in [1.29, 1.82) is 0 Å². The first-order valence-electron chi connectivity index (χ1n) is 6.49. The Kier molecular flexibility index (Phi) is 4.01. The molecule has 1 N–H and O–H groups in total. The van der Waals surface area contributed by atoms with Gasteiger partial charge in [0.25, 0.3) is 0 Å². The molecule has 1 aliphatic rings. The average Bonchev–Trinajstić information content (AvgIpc) is 2.22. The second-order valence-electron chi connectivity index (χ2n) is 6.07. The zero-order chi connectivity index (χ0) is 12.5. The second kappa shape index (κ2) is 5.17. The van der Waals surface area contributed by atoms with Gasteiger partial charge in [0.1, 0.15) is 0 Å². The van der Waals surface area contributed by atoms with E-state index in [0.29, 0.717) is 11.5 Å². The molecule has 94 valence electrons. The van der Waals surface area contributed by atoms with Crippen molar-refractivity contribution in [3.63, 3.8) is 0 Å². The van der Waals surface area contributed by atoms with E-state index in [2.05, 4.69) is 66.9 Å². The quantitative estimate of drug-likeness (QED) is 0.747. The van der Waals surface area contributed by atoms with Gasteiger partial charge in [0.15, 0.2) is 0 Å². The Morgan fingerprint density at radius 2 is 2.12 bits per heavy atom. The smallest absolute Gasteiger partial charge is 0.0353 e. The maximum absolute atomic E-state index is 3.70. The van der Waals surface area contributed by atoms with Crippen LogP contribution in [0.15, 0.2) is 18.2 Å². The summed E-state index contributed by atoms with van der Waals surface area (Å²) in [5.74, 6) is 0. The summed E-state index contributed by atoms with van der Waals surface area (Å²) in [6, 6.07) is 7.33. The predicted octanol–water partition coefficient (Wildman–Crippen LogP) is 4.98. The Morgan fingerprint density at radius 3 is 2.76 bits per heavy atom. The van der Waals surface area contributed by atoms with Crippen molar-refractivity contribution in [2.45, 2.75) is 52.5 Å². The summed E-state index contributed by atoms with van der Waals surface area (Å²) in [4.78, 5) is 0. The lowest BCUT2D eigenvalue weighted by atomic mass is 9.75. The average molecular weight is 343 g/mol. The lowest BCUT2D eigenvalue weighted by molar-refractivity contribution is 0.229. The highest BCUT2D eigenvalue weighted by Gasteiger charge is 2.27. The van der Waals surface area contributed by atoms with Crippen LogP contribution >= 0.6 is 22.6 Å². The number of nitrogens with one attached hydrogen (secondary N) is 1. The molecule has 0 aromatic heterocycles. The van der Waals surface area contributed by atoms with Crippen LogP contribution in [0, 0.1) is 15.9 Å². The van der Waals surface area contributed by atoms with Crippen LogP contribution < -0.4 is 5.32 Å². The Bertz CT molecular complexity index is 398. The van der Waals surface area contributed by atoms with Gasteiger partial charge >= 0.3 is 0 Å². The van der Waals surface area contributed by atoms with E-state index < -0.39 is 0 Å². The van der Waals surface area contributed by atoms with E-state index in [0.717, 1.165) is 0 Å². The highest BCUT2D eigenvalue weighted by atomic mass is 127. The standard InChI is InChI=1S/C15H22IN/c1-11-6-7-12(9-14(11)16)17-13-5-4-8-15(2,3)10-13/h6-7,9,13,17H,4-5,8,10H2,1-3H3. The monoisotopic (exact) mass is 343 g/mol. The van der Waals surface area contributed by atoms with Gasteiger partial charge in [0.2, 0.25) is 0 Å². The Balaban J connectivity index is 2.03. The molecule has 0 saturated heterocycles. The zero-order valence-corrected chi connectivity index (χ0v) is 13.2. The third-order valence-corrected chi connectivity index (χ3v) is 4.91. The molecular weight excluding hydrogens is 321 g/mol. The van der Waals surface area contributed by atoms with Crippen LogP contribution in [0.4, 0.5) is 5.69 Å². The summed E-state index contributed by atoms with van der Waals surface area (Å²) in [6.07, 6.45) is 5.33. The fraction of sp³-hybridized carbons (Fsp3) is 0.600. The van der Waals surface area contributed by atoms with E-state index in [-0.39, 0.29) is 0 Å². The molecule has 0 bridgehead atoms. The lowest BCUT2D eigenvalue weighted by Crippen LogP contribution is -2.31. The summed E-state index contributed by atoms with van der Waals surface area (Å²) in [7, 11) is 0. The molecule has 1 fully saturated rings. The van der Waals surface area contributed by atoms with Crippen molar-refractivity contribution in [3.05, 3.63) is 27.3 Å². The van der Waals surface area contributed by atoms with Crippen LogP contribution in [0.2, 0.25) is 0 Å². The summed E-state index contributed by atoms with van der Waals surface area (Å²) >= 11 is 2.41. The lowest BCUT2D eigenvalue weighted by Gasteiger charge is -2.36. The summed E-state index contributed by atoms with van der Waals surface area (Å²) in [5, 5.41) is 3.70. The largest absolute Gasteiger partial charge is 0.382 e. The first-order valence-corrected chi connectivity index (χ1v) is 7.57. The molecule has 1 unspecified atom stereocenters. The minimum Gasteiger partial charge on any atom is -0.382 e. The predicted molar refractivity (Wildman–Crippen MR) is 83.6 cm³/mol.